The smallest absolute Gasteiger partial charge is 0.210 e. The van der Waals surface area contributed by atoms with E-state index in [0.29, 0.717) is 10.8 Å². The number of sulfonamides is 1. The monoisotopic (exact) mass is 259 g/mol. The lowest BCUT2D eigenvalue weighted by Gasteiger charge is -2.22. The molecule has 1 rings (SSSR count). The normalized spacial score (nSPS) is 12.6. The number of rotatable bonds is 6. The van der Waals surface area contributed by atoms with Crippen LogP contribution in [0, 0.1) is 5.41 Å². The minimum absolute atomic E-state index is 0.105. The molecule has 0 aliphatic heterocycles. The molecule has 1 aromatic heterocycles. The van der Waals surface area contributed by atoms with Crippen molar-refractivity contribution in [2.75, 3.05) is 6.54 Å². The Kier molecular flexibility index (Phi) is 4.29. The van der Waals surface area contributed by atoms with E-state index in [1.165, 1.54) is 11.3 Å². The Hall–Kier alpha value is -0.650. The van der Waals surface area contributed by atoms with Gasteiger partial charge in [-0.25, -0.2) is 13.1 Å². The Labute approximate surface area is 101 Å². The molecule has 0 saturated carbocycles. The van der Waals surface area contributed by atoms with E-state index in [2.05, 4.69) is 11.3 Å². The summed E-state index contributed by atoms with van der Waals surface area (Å²) in [5.74, 6) is 0. The van der Waals surface area contributed by atoms with Crippen LogP contribution in [-0.4, -0.2) is 15.0 Å². The predicted molar refractivity (Wildman–Crippen MR) is 68.1 cm³/mol. The fourth-order valence-electron chi connectivity index (χ4n) is 1.24. The van der Waals surface area contributed by atoms with Crippen LogP contribution in [0.3, 0.4) is 0 Å². The van der Waals surface area contributed by atoms with Crippen molar-refractivity contribution in [1.29, 1.82) is 0 Å². The van der Waals surface area contributed by atoms with Crippen molar-refractivity contribution in [3.8, 4) is 0 Å². The van der Waals surface area contributed by atoms with Gasteiger partial charge in [0.25, 0.3) is 0 Å². The van der Waals surface area contributed by atoms with Gasteiger partial charge in [0.15, 0.2) is 0 Å². The highest BCUT2D eigenvalue weighted by Gasteiger charge is 2.21. The molecule has 3 nitrogen and oxygen atoms in total. The van der Waals surface area contributed by atoms with Gasteiger partial charge in [-0.15, -0.1) is 17.9 Å². The van der Waals surface area contributed by atoms with Gasteiger partial charge in [0.1, 0.15) is 4.21 Å². The third kappa shape index (κ3) is 3.73. The third-order valence-electron chi connectivity index (χ3n) is 2.20. The van der Waals surface area contributed by atoms with Crippen LogP contribution in [0.5, 0.6) is 0 Å². The second-order valence-corrected chi connectivity index (χ2v) is 7.36. The largest absolute Gasteiger partial charge is 0.250 e. The van der Waals surface area contributed by atoms with Crippen molar-refractivity contribution in [1.82, 2.24) is 4.72 Å². The molecule has 16 heavy (non-hydrogen) atoms. The van der Waals surface area contributed by atoms with Gasteiger partial charge in [-0.1, -0.05) is 26.0 Å². The van der Waals surface area contributed by atoms with Gasteiger partial charge in [0.2, 0.25) is 10.0 Å². The molecule has 0 atom stereocenters. The van der Waals surface area contributed by atoms with Crippen molar-refractivity contribution >= 4 is 21.4 Å². The van der Waals surface area contributed by atoms with Crippen LogP contribution >= 0.6 is 11.3 Å². The molecule has 90 valence electrons. The van der Waals surface area contributed by atoms with Gasteiger partial charge in [-0.3, -0.25) is 0 Å². The van der Waals surface area contributed by atoms with E-state index in [4.69, 9.17) is 0 Å². The van der Waals surface area contributed by atoms with Crippen molar-refractivity contribution in [3.63, 3.8) is 0 Å². The third-order valence-corrected chi connectivity index (χ3v) is 5.00. The Bertz CT molecular complexity index is 433. The summed E-state index contributed by atoms with van der Waals surface area (Å²) in [5, 5.41) is 1.75. The first-order valence-electron chi connectivity index (χ1n) is 5.01. The molecule has 0 saturated heterocycles. The molecule has 1 aromatic rings. The Morgan fingerprint density at radius 2 is 2.25 bits per heavy atom. The zero-order valence-corrected chi connectivity index (χ0v) is 11.2. The number of hydrogen-bond acceptors (Lipinski definition) is 3. The molecule has 0 aromatic carbocycles. The van der Waals surface area contributed by atoms with Crippen molar-refractivity contribution in [2.45, 2.75) is 24.5 Å². The van der Waals surface area contributed by atoms with Gasteiger partial charge in [0, 0.05) is 6.54 Å². The minimum Gasteiger partial charge on any atom is -0.210 e. The first kappa shape index (κ1) is 13.4. The summed E-state index contributed by atoms with van der Waals surface area (Å²) in [5.41, 5.74) is -0.105. The maximum absolute atomic E-state index is 11.8. The van der Waals surface area contributed by atoms with Crippen LogP contribution in [0.4, 0.5) is 0 Å². The highest BCUT2D eigenvalue weighted by molar-refractivity contribution is 7.91. The summed E-state index contributed by atoms with van der Waals surface area (Å²) in [7, 11) is -3.33. The standard InChI is InChI=1S/C11H17NO2S2/c1-4-7-11(2,3)9-12-16(13,14)10-6-5-8-15-10/h4-6,8,12H,1,7,9H2,2-3H3. The van der Waals surface area contributed by atoms with E-state index >= 15 is 0 Å². The van der Waals surface area contributed by atoms with E-state index in [9.17, 15) is 8.42 Å². The molecule has 0 unspecified atom stereocenters. The fraction of sp³-hybridized carbons (Fsp3) is 0.455. The zero-order valence-electron chi connectivity index (χ0n) is 9.56. The minimum atomic E-state index is -3.33. The van der Waals surface area contributed by atoms with Crippen molar-refractivity contribution < 1.29 is 8.42 Å². The first-order valence-corrected chi connectivity index (χ1v) is 7.38. The number of allylic oxidation sites excluding steroid dienone is 1. The summed E-state index contributed by atoms with van der Waals surface area (Å²) < 4.78 is 26.6. The average Bonchev–Trinajstić information content (AvgIpc) is 2.68. The summed E-state index contributed by atoms with van der Waals surface area (Å²) in [6.07, 6.45) is 2.58. The SMILES string of the molecule is C=CCC(C)(C)CNS(=O)(=O)c1cccs1. The van der Waals surface area contributed by atoms with Gasteiger partial charge in [0.05, 0.1) is 0 Å². The molecule has 0 aliphatic carbocycles. The van der Waals surface area contributed by atoms with Crippen molar-refractivity contribution in [3.05, 3.63) is 30.2 Å². The first-order chi connectivity index (χ1) is 7.37. The second kappa shape index (κ2) is 5.12. The van der Waals surface area contributed by atoms with E-state index in [-0.39, 0.29) is 5.41 Å². The lowest BCUT2D eigenvalue weighted by Crippen LogP contribution is -2.33. The van der Waals surface area contributed by atoms with Gasteiger partial charge in [-0.05, 0) is 23.3 Å². The molecule has 5 heteroatoms. The average molecular weight is 259 g/mol. The Morgan fingerprint density at radius 1 is 1.56 bits per heavy atom. The fourth-order valence-corrected chi connectivity index (χ4v) is 3.52. The summed E-state index contributed by atoms with van der Waals surface area (Å²) in [4.78, 5) is 0. The molecule has 1 heterocycles. The van der Waals surface area contributed by atoms with E-state index in [1.807, 2.05) is 13.8 Å². The maximum atomic E-state index is 11.8. The van der Waals surface area contributed by atoms with E-state index < -0.39 is 10.0 Å². The number of nitrogens with one attached hydrogen (secondary N) is 1. The predicted octanol–water partition coefficient (Wildman–Crippen LogP) is 2.63. The lowest BCUT2D eigenvalue weighted by atomic mass is 9.90. The van der Waals surface area contributed by atoms with Crippen LogP contribution in [0.15, 0.2) is 34.4 Å². The highest BCUT2D eigenvalue weighted by atomic mass is 32.2. The van der Waals surface area contributed by atoms with Gasteiger partial charge in [-0.2, -0.15) is 0 Å². The zero-order chi connectivity index (χ0) is 12.2. The van der Waals surface area contributed by atoms with Crippen LogP contribution in [0.25, 0.3) is 0 Å². The Morgan fingerprint density at radius 3 is 2.75 bits per heavy atom. The van der Waals surface area contributed by atoms with Crippen LogP contribution in [-0.2, 0) is 10.0 Å². The topological polar surface area (TPSA) is 46.2 Å². The van der Waals surface area contributed by atoms with Gasteiger partial charge < -0.3 is 0 Å². The summed E-state index contributed by atoms with van der Waals surface area (Å²) >= 11 is 1.22. The lowest BCUT2D eigenvalue weighted by molar-refractivity contribution is 0.369. The van der Waals surface area contributed by atoms with E-state index in [0.717, 1.165) is 6.42 Å². The molecule has 1 N–H and O–H groups in total. The summed E-state index contributed by atoms with van der Waals surface area (Å²) in [6, 6.07) is 3.33. The van der Waals surface area contributed by atoms with Crippen LogP contribution < -0.4 is 4.72 Å². The highest BCUT2D eigenvalue weighted by Crippen LogP contribution is 2.21. The molecule has 0 amide bonds. The Balaban J connectivity index is 2.66. The molecule has 0 fully saturated rings. The molecule has 0 aliphatic rings. The van der Waals surface area contributed by atoms with Crippen LogP contribution in [0.2, 0.25) is 0 Å². The van der Waals surface area contributed by atoms with Crippen molar-refractivity contribution in [2.24, 2.45) is 5.41 Å². The molecular weight excluding hydrogens is 242 g/mol. The molecule has 0 radical (unpaired) electrons. The molecule has 0 spiro atoms. The molecule has 0 bridgehead atoms. The maximum Gasteiger partial charge on any atom is 0.250 e. The van der Waals surface area contributed by atoms with E-state index in [1.54, 1.807) is 23.6 Å². The van der Waals surface area contributed by atoms with Gasteiger partial charge >= 0.3 is 0 Å². The quantitative estimate of drug-likeness (QED) is 0.798. The second-order valence-electron chi connectivity index (χ2n) is 4.41. The number of hydrogen-bond donors (Lipinski definition) is 1. The van der Waals surface area contributed by atoms with Crippen LogP contribution in [0.1, 0.15) is 20.3 Å². The number of thiophene rings is 1. The summed E-state index contributed by atoms with van der Waals surface area (Å²) in [6.45, 7) is 8.09. The molecular formula is C11H17NO2S2.